The second-order valence-corrected chi connectivity index (χ2v) is 3.64. The molecule has 6 heteroatoms. The Kier molecular flexibility index (Phi) is 3.21. The van der Waals surface area contributed by atoms with Gasteiger partial charge in [0.05, 0.1) is 24.8 Å². The van der Waals surface area contributed by atoms with Crippen molar-refractivity contribution in [3.8, 4) is 6.07 Å². The summed E-state index contributed by atoms with van der Waals surface area (Å²) in [4.78, 5) is 16.6. The van der Waals surface area contributed by atoms with Crippen molar-refractivity contribution in [3.05, 3.63) is 23.9 Å². The summed E-state index contributed by atoms with van der Waals surface area (Å²) in [5.41, 5.74) is 0.152. The Morgan fingerprint density at radius 2 is 2.47 bits per heavy atom. The average molecular weight is 233 g/mol. The van der Waals surface area contributed by atoms with Gasteiger partial charge in [-0.2, -0.15) is 5.26 Å². The number of carboxylic acids is 1. The fraction of sp³-hybridized carbons (Fsp3) is 0.364. The summed E-state index contributed by atoms with van der Waals surface area (Å²) in [5.74, 6) is -0.334. The lowest BCUT2D eigenvalue weighted by molar-refractivity contribution is 0.0695. The van der Waals surface area contributed by atoms with Gasteiger partial charge in [-0.1, -0.05) is 0 Å². The molecule has 1 aliphatic heterocycles. The molecule has 1 aromatic rings. The van der Waals surface area contributed by atoms with Gasteiger partial charge in [0.15, 0.2) is 6.10 Å². The van der Waals surface area contributed by atoms with E-state index in [-0.39, 0.29) is 5.56 Å². The van der Waals surface area contributed by atoms with Crippen molar-refractivity contribution in [2.24, 2.45) is 0 Å². The van der Waals surface area contributed by atoms with Gasteiger partial charge in [-0.3, -0.25) is 0 Å². The maximum Gasteiger partial charge on any atom is 0.337 e. The molecule has 1 aromatic heterocycles. The van der Waals surface area contributed by atoms with E-state index in [1.165, 1.54) is 12.3 Å². The predicted molar refractivity (Wildman–Crippen MR) is 58.8 cm³/mol. The number of aromatic carboxylic acids is 1. The number of hydrogen-bond donors (Lipinski definition) is 1. The van der Waals surface area contributed by atoms with Crippen molar-refractivity contribution in [1.82, 2.24) is 4.98 Å². The highest BCUT2D eigenvalue weighted by Gasteiger charge is 2.20. The highest BCUT2D eigenvalue weighted by molar-refractivity contribution is 5.87. The lowest BCUT2D eigenvalue weighted by atomic mass is 10.2. The standard InChI is InChI=1S/C11H11N3O3/c12-5-9-7-14(3-4-17-9)10-2-1-8(6-13-10)11(15)16/h1-2,6,9H,3-4,7H2,(H,15,16). The molecule has 0 spiro atoms. The van der Waals surface area contributed by atoms with Crippen LogP contribution in [-0.2, 0) is 4.74 Å². The zero-order valence-electron chi connectivity index (χ0n) is 9.04. The van der Waals surface area contributed by atoms with Crippen LogP contribution < -0.4 is 4.90 Å². The number of nitriles is 1. The highest BCUT2D eigenvalue weighted by Crippen LogP contribution is 2.15. The van der Waals surface area contributed by atoms with Crippen molar-refractivity contribution >= 4 is 11.8 Å². The molecule has 0 radical (unpaired) electrons. The van der Waals surface area contributed by atoms with E-state index < -0.39 is 12.1 Å². The Hall–Kier alpha value is -2.13. The van der Waals surface area contributed by atoms with Crippen molar-refractivity contribution in [1.29, 1.82) is 5.26 Å². The fourth-order valence-corrected chi connectivity index (χ4v) is 1.64. The molecule has 88 valence electrons. The van der Waals surface area contributed by atoms with Gasteiger partial charge < -0.3 is 14.7 Å². The number of rotatable bonds is 2. The molecule has 2 heterocycles. The first-order valence-electron chi connectivity index (χ1n) is 5.16. The lowest BCUT2D eigenvalue weighted by Gasteiger charge is -2.30. The van der Waals surface area contributed by atoms with Gasteiger partial charge >= 0.3 is 5.97 Å². The minimum absolute atomic E-state index is 0.152. The van der Waals surface area contributed by atoms with Crippen molar-refractivity contribution in [2.75, 3.05) is 24.6 Å². The van der Waals surface area contributed by atoms with Crippen LogP contribution in [0, 0.1) is 11.3 Å². The second-order valence-electron chi connectivity index (χ2n) is 3.64. The molecule has 0 amide bonds. The van der Waals surface area contributed by atoms with E-state index in [1.54, 1.807) is 6.07 Å². The van der Waals surface area contributed by atoms with E-state index in [0.717, 1.165) is 0 Å². The van der Waals surface area contributed by atoms with E-state index in [1.807, 2.05) is 11.0 Å². The monoisotopic (exact) mass is 233 g/mol. The molecular weight excluding hydrogens is 222 g/mol. The highest BCUT2D eigenvalue weighted by atomic mass is 16.5. The number of morpholine rings is 1. The summed E-state index contributed by atoms with van der Waals surface area (Å²) in [6.45, 7) is 1.58. The number of anilines is 1. The third kappa shape index (κ3) is 2.52. The third-order valence-electron chi connectivity index (χ3n) is 2.53. The van der Waals surface area contributed by atoms with E-state index in [2.05, 4.69) is 4.98 Å². The van der Waals surface area contributed by atoms with E-state index in [9.17, 15) is 4.79 Å². The van der Waals surface area contributed by atoms with Crippen LogP contribution >= 0.6 is 0 Å². The number of nitrogens with zero attached hydrogens (tertiary/aromatic N) is 3. The Morgan fingerprint density at radius 3 is 3.06 bits per heavy atom. The molecule has 1 N–H and O–H groups in total. The van der Waals surface area contributed by atoms with Crippen LogP contribution in [0.2, 0.25) is 0 Å². The van der Waals surface area contributed by atoms with E-state index >= 15 is 0 Å². The third-order valence-corrected chi connectivity index (χ3v) is 2.53. The number of aromatic nitrogens is 1. The molecule has 1 saturated heterocycles. The molecular formula is C11H11N3O3. The maximum absolute atomic E-state index is 10.7. The number of ether oxygens (including phenoxy) is 1. The van der Waals surface area contributed by atoms with Crippen molar-refractivity contribution in [3.63, 3.8) is 0 Å². The van der Waals surface area contributed by atoms with Crippen LogP contribution in [0.25, 0.3) is 0 Å². The summed E-state index contributed by atoms with van der Waals surface area (Å²) in [6.07, 6.45) is 0.860. The zero-order chi connectivity index (χ0) is 12.3. The summed E-state index contributed by atoms with van der Waals surface area (Å²) in [7, 11) is 0. The molecule has 0 aliphatic carbocycles. The zero-order valence-corrected chi connectivity index (χ0v) is 9.04. The van der Waals surface area contributed by atoms with Gasteiger partial charge in [0.1, 0.15) is 5.82 Å². The fourth-order valence-electron chi connectivity index (χ4n) is 1.64. The van der Waals surface area contributed by atoms with Crippen LogP contribution in [0.5, 0.6) is 0 Å². The Bertz CT molecular complexity index is 452. The molecule has 1 atom stereocenters. The van der Waals surface area contributed by atoms with E-state index in [4.69, 9.17) is 15.1 Å². The first kappa shape index (κ1) is 11.4. The normalized spacial score (nSPS) is 19.7. The van der Waals surface area contributed by atoms with Crippen molar-refractivity contribution in [2.45, 2.75) is 6.10 Å². The lowest BCUT2D eigenvalue weighted by Crippen LogP contribution is -2.42. The molecule has 1 fully saturated rings. The minimum atomic E-state index is -0.999. The van der Waals surface area contributed by atoms with Crippen LogP contribution in [-0.4, -0.2) is 41.9 Å². The molecule has 0 saturated carbocycles. The summed E-state index contributed by atoms with van der Waals surface area (Å²) >= 11 is 0. The SMILES string of the molecule is N#CC1CN(c2ccc(C(=O)O)cn2)CCO1. The Balaban J connectivity index is 2.12. The van der Waals surface area contributed by atoms with Gasteiger partial charge in [-0.25, -0.2) is 9.78 Å². The smallest absolute Gasteiger partial charge is 0.337 e. The molecule has 6 nitrogen and oxygen atoms in total. The first-order valence-corrected chi connectivity index (χ1v) is 5.16. The minimum Gasteiger partial charge on any atom is -0.478 e. The van der Waals surface area contributed by atoms with Gasteiger partial charge in [0, 0.05) is 12.7 Å². The largest absolute Gasteiger partial charge is 0.478 e. The Labute approximate surface area is 98.1 Å². The maximum atomic E-state index is 10.7. The van der Waals surface area contributed by atoms with Gasteiger partial charge in [0.25, 0.3) is 0 Å². The van der Waals surface area contributed by atoms with Crippen LogP contribution in [0.4, 0.5) is 5.82 Å². The number of carboxylic acid groups (broad SMARTS) is 1. The predicted octanol–water partition coefficient (Wildman–Crippen LogP) is 0.509. The molecule has 0 bridgehead atoms. The summed E-state index contributed by atoms with van der Waals surface area (Å²) < 4.78 is 5.22. The number of hydrogen-bond acceptors (Lipinski definition) is 5. The molecule has 0 aromatic carbocycles. The molecule has 1 aliphatic rings. The molecule has 2 rings (SSSR count). The second kappa shape index (κ2) is 4.80. The van der Waals surface area contributed by atoms with Crippen LogP contribution in [0.3, 0.4) is 0 Å². The molecule has 17 heavy (non-hydrogen) atoms. The average Bonchev–Trinajstić information content (AvgIpc) is 2.39. The summed E-state index contributed by atoms with van der Waals surface area (Å²) in [6, 6.07) is 5.19. The summed E-state index contributed by atoms with van der Waals surface area (Å²) in [5, 5.41) is 17.5. The molecule has 1 unspecified atom stereocenters. The number of pyridine rings is 1. The first-order chi connectivity index (χ1) is 8.20. The van der Waals surface area contributed by atoms with Gasteiger partial charge in [-0.15, -0.1) is 0 Å². The van der Waals surface area contributed by atoms with Crippen molar-refractivity contribution < 1.29 is 14.6 Å². The quantitative estimate of drug-likeness (QED) is 0.800. The van der Waals surface area contributed by atoms with E-state index in [0.29, 0.717) is 25.5 Å². The Morgan fingerprint density at radius 1 is 1.65 bits per heavy atom. The van der Waals surface area contributed by atoms with Gasteiger partial charge in [-0.05, 0) is 12.1 Å². The van der Waals surface area contributed by atoms with Crippen LogP contribution in [0.1, 0.15) is 10.4 Å². The number of carbonyl (C=O) groups is 1. The topological polar surface area (TPSA) is 86.5 Å². The van der Waals surface area contributed by atoms with Crippen LogP contribution in [0.15, 0.2) is 18.3 Å². The van der Waals surface area contributed by atoms with Gasteiger partial charge in [0.2, 0.25) is 0 Å².